The Morgan fingerprint density at radius 3 is 2.37 bits per heavy atom. The minimum atomic E-state index is -1.84. The monoisotopic (exact) mass is 402 g/mol. The number of aliphatic hydroxyl groups is 2. The van der Waals surface area contributed by atoms with Crippen LogP contribution in [0.5, 0.6) is 0 Å². The van der Waals surface area contributed by atoms with E-state index in [0.29, 0.717) is 27.8 Å². The van der Waals surface area contributed by atoms with Crippen LogP contribution < -0.4 is 5.43 Å². The van der Waals surface area contributed by atoms with Crippen LogP contribution in [0.3, 0.4) is 0 Å². The molecule has 152 valence electrons. The molecule has 6 heteroatoms. The summed E-state index contributed by atoms with van der Waals surface area (Å²) in [6, 6.07) is 22.4. The molecule has 0 saturated carbocycles. The third-order valence-electron chi connectivity index (χ3n) is 5.34. The van der Waals surface area contributed by atoms with E-state index < -0.39 is 12.0 Å². The zero-order chi connectivity index (χ0) is 21.3. The standard InChI is InChI=1S/C24H22N2O4/c1-2-21(27)25-26-23(29)19-13-6-7-14-20(19)24(26,30)18-12-8-11-17(15-18)22(28)16-9-4-3-5-10-16/h3-15,23,29-30H,2H2,1H3,(H,25,27). The molecule has 2 unspecified atom stereocenters. The number of carbonyl (C=O) groups is 2. The van der Waals surface area contributed by atoms with E-state index in [1.807, 2.05) is 6.07 Å². The summed E-state index contributed by atoms with van der Waals surface area (Å²) in [5, 5.41) is 23.8. The van der Waals surface area contributed by atoms with E-state index in [1.165, 1.54) is 0 Å². The first-order valence-electron chi connectivity index (χ1n) is 9.75. The Morgan fingerprint density at radius 1 is 0.967 bits per heavy atom. The summed E-state index contributed by atoms with van der Waals surface area (Å²) in [5.74, 6) is -0.533. The molecular weight excluding hydrogens is 380 g/mol. The van der Waals surface area contributed by atoms with Crippen LogP contribution in [-0.2, 0) is 10.5 Å². The zero-order valence-electron chi connectivity index (χ0n) is 16.4. The summed E-state index contributed by atoms with van der Waals surface area (Å²) in [5.41, 5.74) is 2.98. The highest BCUT2D eigenvalue weighted by Gasteiger charge is 2.51. The van der Waals surface area contributed by atoms with Gasteiger partial charge in [-0.1, -0.05) is 79.7 Å². The van der Waals surface area contributed by atoms with E-state index in [-0.39, 0.29) is 18.1 Å². The van der Waals surface area contributed by atoms with Crippen molar-refractivity contribution in [3.63, 3.8) is 0 Å². The highest BCUT2D eigenvalue weighted by atomic mass is 16.4. The van der Waals surface area contributed by atoms with Crippen molar-refractivity contribution in [2.75, 3.05) is 0 Å². The summed E-state index contributed by atoms with van der Waals surface area (Å²) < 4.78 is 0. The van der Waals surface area contributed by atoms with E-state index in [2.05, 4.69) is 5.43 Å². The van der Waals surface area contributed by atoms with Crippen molar-refractivity contribution in [2.24, 2.45) is 0 Å². The van der Waals surface area contributed by atoms with Crippen molar-refractivity contribution in [3.8, 4) is 0 Å². The Kier molecular flexibility index (Phi) is 5.22. The minimum Gasteiger partial charge on any atom is -0.372 e. The number of hydrazine groups is 1. The van der Waals surface area contributed by atoms with Crippen LogP contribution in [0.2, 0.25) is 0 Å². The fourth-order valence-electron chi connectivity index (χ4n) is 3.77. The van der Waals surface area contributed by atoms with Crippen LogP contribution in [0, 0.1) is 0 Å². The summed E-state index contributed by atoms with van der Waals surface area (Å²) in [6.07, 6.45) is -1.06. The number of fused-ring (bicyclic) bond motifs is 1. The Labute approximate surface area is 174 Å². The van der Waals surface area contributed by atoms with Crippen LogP contribution in [0.15, 0.2) is 78.9 Å². The average Bonchev–Trinajstić information content (AvgIpc) is 3.02. The maximum atomic E-state index is 12.9. The van der Waals surface area contributed by atoms with Crippen LogP contribution in [0.4, 0.5) is 0 Å². The molecule has 0 saturated heterocycles. The largest absolute Gasteiger partial charge is 0.372 e. The molecule has 0 spiro atoms. The Balaban J connectivity index is 1.82. The molecule has 1 aliphatic heterocycles. The lowest BCUT2D eigenvalue weighted by molar-refractivity contribution is -0.178. The quantitative estimate of drug-likeness (QED) is 0.571. The molecule has 3 aromatic carbocycles. The highest BCUT2D eigenvalue weighted by Crippen LogP contribution is 2.46. The van der Waals surface area contributed by atoms with E-state index in [1.54, 1.807) is 79.7 Å². The average molecular weight is 402 g/mol. The lowest BCUT2D eigenvalue weighted by Crippen LogP contribution is -2.53. The maximum absolute atomic E-state index is 12.9. The SMILES string of the molecule is CCC(=O)NN1C(O)c2ccccc2C1(O)c1cccc(C(=O)c2ccccc2)c1. The molecule has 0 aliphatic carbocycles. The molecule has 6 nitrogen and oxygen atoms in total. The van der Waals surface area contributed by atoms with Gasteiger partial charge in [0.25, 0.3) is 0 Å². The predicted molar refractivity (Wildman–Crippen MR) is 111 cm³/mol. The molecule has 4 rings (SSSR count). The normalized spacial score (nSPS) is 20.6. The Morgan fingerprint density at radius 2 is 1.63 bits per heavy atom. The Hall–Kier alpha value is -3.32. The molecule has 3 aromatic rings. The van der Waals surface area contributed by atoms with Gasteiger partial charge in [-0.25, -0.2) is 0 Å². The number of carbonyl (C=O) groups excluding carboxylic acids is 2. The number of hydrogen-bond acceptors (Lipinski definition) is 5. The molecular formula is C24H22N2O4. The number of aliphatic hydroxyl groups excluding tert-OH is 1. The van der Waals surface area contributed by atoms with Crippen molar-refractivity contribution in [3.05, 3.63) is 107 Å². The van der Waals surface area contributed by atoms with Gasteiger partial charge in [0.05, 0.1) is 0 Å². The van der Waals surface area contributed by atoms with Gasteiger partial charge in [-0.15, -0.1) is 5.01 Å². The zero-order valence-corrected chi connectivity index (χ0v) is 16.4. The molecule has 0 bridgehead atoms. The number of ketones is 1. The van der Waals surface area contributed by atoms with Gasteiger partial charge in [-0.2, -0.15) is 0 Å². The molecule has 1 heterocycles. The lowest BCUT2D eigenvalue weighted by atomic mass is 9.91. The third kappa shape index (κ3) is 3.21. The van der Waals surface area contributed by atoms with Gasteiger partial charge < -0.3 is 10.2 Å². The molecule has 0 radical (unpaired) electrons. The summed E-state index contributed by atoms with van der Waals surface area (Å²) in [7, 11) is 0. The molecule has 2 atom stereocenters. The number of rotatable bonds is 5. The number of amides is 1. The van der Waals surface area contributed by atoms with E-state index in [0.717, 1.165) is 5.01 Å². The third-order valence-corrected chi connectivity index (χ3v) is 5.34. The number of nitrogens with one attached hydrogen (secondary N) is 1. The predicted octanol–water partition coefficient (Wildman–Crippen LogP) is 2.86. The molecule has 0 aromatic heterocycles. The highest BCUT2D eigenvalue weighted by molar-refractivity contribution is 6.09. The van der Waals surface area contributed by atoms with Gasteiger partial charge in [-0.3, -0.25) is 15.0 Å². The van der Waals surface area contributed by atoms with Crippen LogP contribution >= 0.6 is 0 Å². The van der Waals surface area contributed by atoms with Crippen molar-refractivity contribution in [1.29, 1.82) is 0 Å². The van der Waals surface area contributed by atoms with Gasteiger partial charge >= 0.3 is 0 Å². The fourth-order valence-corrected chi connectivity index (χ4v) is 3.77. The number of nitrogens with zero attached hydrogens (tertiary/aromatic N) is 1. The van der Waals surface area contributed by atoms with Crippen molar-refractivity contribution >= 4 is 11.7 Å². The number of hydrogen-bond donors (Lipinski definition) is 3. The molecule has 1 aliphatic rings. The number of benzene rings is 3. The van der Waals surface area contributed by atoms with Crippen LogP contribution in [-0.4, -0.2) is 26.9 Å². The molecule has 30 heavy (non-hydrogen) atoms. The van der Waals surface area contributed by atoms with Gasteiger partial charge in [0.2, 0.25) is 5.91 Å². The Bertz CT molecular complexity index is 1100. The smallest absolute Gasteiger partial charge is 0.234 e. The maximum Gasteiger partial charge on any atom is 0.234 e. The summed E-state index contributed by atoms with van der Waals surface area (Å²) in [6.45, 7) is 1.68. The topological polar surface area (TPSA) is 89.9 Å². The summed E-state index contributed by atoms with van der Waals surface area (Å²) in [4.78, 5) is 25.0. The molecule has 0 fully saturated rings. The van der Waals surface area contributed by atoms with Crippen molar-refractivity contribution in [1.82, 2.24) is 10.4 Å². The van der Waals surface area contributed by atoms with Gasteiger partial charge in [-0.05, 0) is 6.07 Å². The van der Waals surface area contributed by atoms with Crippen LogP contribution in [0.1, 0.15) is 52.2 Å². The van der Waals surface area contributed by atoms with E-state index >= 15 is 0 Å². The second kappa shape index (κ2) is 7.84. The van der Waals surface area contributed by atoms with Gasteiger partial charge in [0.15, 0.2) is 17.7 Å². The first-order chi connectivity index (χ1) is 14.5. The first kappa shape index (κ1) is 20.0. The first-order valence-corrected chi connectivity index (χ1v) is 9.75. The summed E-state index contributed by atoms with van der Waals surface area (Å²) >= 11 is 0. The van der Waals surface area contributed by atoms with E-state index in [9.17, 15) is 19.8 Å². The van der Waals surface area contributed by atoms with E-state index in [4.69, 9.17) is 0 Å². The van der Waals surface area contributed by atoms with Gasteiger partial charge in [0, 0.05) is 34.2 Å². The molecule has 1 amide bonds. The van der Waals surface area contributed by atoms with Gasteiger partial charge in [0.1, 0.15) is 0 Å². The second-order valence-corrected chi connectivity index (χ2v) is 7.17. The molecule has 3 N–H and O–H groups in total. The van der Waals surface area contributed by atoms with Crippen molar-refractivity contribution < 1.29 is 19.8 Å². The fraction of sp³-hybridized carbons (Fsp3) is 0.167. The second-order valence-electron chi connectivity index (χ2n) is 7.17. The minimum absolute atomic E-state index is 0.183. The van der Waals surface area contributed by atoms with Crippen molar-refractivity contribution in [2.45, 2.75) is 25.3 Å². The lowest BCUT2D eigenvalue weighted by Gasteiger charge is -2.36. The van der Waals surface area contributed by atoms with Crippen LogP contribution in [0.25, 0.3) is 0 Å².